The first-order chi connectivity index (χ1) is 17.7. The second-order valence-corrected chi connectivity index (χ2v) is 10.1. The molecule has 2 atom stereocenters. The molecule has 4 aromatic carbocycles. The van der Waals surface area contributed by atoms with Gasteiger partial charge in [0, 0.05) is 30.7 Å². The number of benzene rings is 4. The van der Waals surface area contributed by atoms with Gasteiger partial charge in [-0.1, -0.05) is 72.8 Å². The van der Waals surface area contributed by atoms with Gasteiger partial charge in [0.25, 0.3) is 5.91 Å². The Bertz CT molecular complexity index is 1420. The Kier molecular flexibility index (Phi) is 6.16. The van der Waals surface area contributed by atoms with Gasteiger partial charge in [-0.05, 0) is 65.0 Å². The van der Waals surface area contributed by atoms with E-state index in [1.54, 1.807) is 0 Å². The van der Waals surface area contributed by atoms with Crippen LogP contribution in [0.5, 0.6) is 0 Å². The average Bonchev–Trinajstić information content (AvgIpc) is 3.77. The molecule has 0 bridgehead atoms. The topological polar surface area (TPSA) is 61.4 Å². The van der Waals surface area contributed by atoms with Crippen molar-refractivity contribution in [3.8, 4) is 0 Å². The number of nitrogens with one attached hydrogen (secondary N) is 2. The van der Waals surface area contributed by atoms with Gasteiger partial charge in [-0.2, -0.15) is 0 Å². The zero-order valence-electron chi connectivity index (χ0n) is 20.3. The average molecular weight is 478 g/mol. The van der Waals surface area contributed by atoms with Gasteiger partial charge >= 0.3 is 0 Å². The quantitative estimate of drug-likeness (QED) is 0.416. The van der Waals surface area contributed by atoms with Crippen molar-refractivity contribution in [3.63, 3.8) is 0 Å². The molecule has 2 fully saturated rings. The Morgan fingerprint density at radius 3 is 2.42 bits per heavy atom. The van der Waals surface area contributed by atoms with Gasteiger partial charge in [-0.3, -0.25) is 9.59 Å². The summed E-state index contributed by atoms with van der Waals surface area (Å²) in [6.45, 7) is 1.98. The number of amides is 2. The van der Waals surface area contributed by atoms with E-state index >= 15 is 0 Å². The van der Waals surface area contributed by atoms with Gasteiger partial charge in [0.15, 0.2) is 0 Å². The van der Waals surface area contributed by atoms with E-state index in [0.29, 0.717) is 18.7 Å². The number of hydrogen-bond donors (Lipinski definition) is 2. The van der Waals surface area contributed by atoms with Crippen LogP contribution in [0, 0.1) is 5.92 Å². The highest BCUT2D eigenvalue weighted by Gasteiger charge is 2.40. The predicted octanol–water partition coefficient (Wildman–Crippen LogP) is 4.89. The zero-order chi connectivity index (χ0) is 24.5. The lowest BCUT2D eigenvalue weighted by Crippen LogP contribution is -2.55. The summed E-state index contributed by atoms with van der Waals surface area (Å²) in [5.74, 6) is -0.252. The van der Waals surface area contributed by atoms with Crippen molar-refractivity contribution in [2.45, 2.75) is 37.9 Å². The molecule has 1 heterocycles. The zero-order valence-corrected chi connectivity index (χ0v) is 20.3. The summed E-state index contributed by atoms with van der Waals surface area (Å²) in [5.41, 5.74) is 1.81. The van der Waals surface area contributed by atoms with Crippen molar-refractivity contribution in [3.05, 3.63) is 96.1 Å². The molecule has 0 aromatic heterocycles. The summed E-state index contributed by atoms with van der Waals surface area (Å²) < 4.78 is 0. The van der Waals surface area contributed by atoms with E-state index in [-0.39, 0.29) is 29.8 Å². The van der Waals surface area contributed by atoms with Gasteiger partial charge in [0.1, 0.15) is 0 Å². The lowest BCUT2D eigenvalue weighted by atomic mass is 9.91. The third-order valence-corrected chi connectivity index (χ3v) is 7.62. The molecule has 182 valence electrons. The monoisotopic (exact) mass is 477 g/mol. The molecule has 1 saturated heterocycles. The molecule has 2 unspecified atom stereocenters. The highest BCUT2D eigenvalue weighted by Crippen LogP contribution is 2.32. The van der Waals surface area contributed by atoms with Crippen molar-refractivity contribution < 1.29 is 9.59 Å². The largest absolute Gasteiger partial charge is 0.348 e. The van der Waals surface area contributed by atoms with Gasteiger partial charge in [-0.25, -0.2) is 0 Å². The summed E-state index contributed by atoms with van der Waals surface area (Å²) >= 11 is 0. The van der Waals surface area contributed by atoms with Crippen LogP contribution >= 0.6 is 0 Å². The maximum Gasteiger partial charge on any atom is 0.251 e. The first kappa shape index (κ1) is 22.7. The fourth-order valence-electron chi connectivity index (χ4n) is 5.47. The minimum Gasteiger partial charge on any atom is -0.348 e. The molecule has 5 nitrogen and oxygen atoms in total. The van der Waals surface area contributed by atoms with E-state index in [0.717, 1.165) is 36.6 Å². The highest BCUT2D eigenvalue weighted by molar-refractivity contribution is 5.99. The van der Waals surface area contributed by atoms with E-state index in [1.165, 1.54) is 16.3 Å². The highest BCUT2D eigenvalue weighted by atomic mass is 16.2. The molecule has 1 aliphatic carbocycles. The summed E-state index contributed by atoms with van der Waals surface area (Å²) in [5, 5.41) is 11.1. The normalized spacial score (nSPS) is 19.8. The number of nitrogens with zero attached hydrogens (tertiary/aromatic N) is 1. The number of rotatable bonds is 6. The minimum atomic E-state index is -0.279. The predicted molar refractivity (Wildman–Crippen MR) is 144 cm³/mol. The molecule has 1 saturated carbocycles. The van der Waals surface area contributed by atoms with Crippen LogP contribution in [-0.4, -0.2) is 41.9 Å². The number of carbonyl (C=O) groups excluding carboxylic acids is 2. The number of carbonyl (C=O) groups is 2. The molecule has 2 N–H and O–H groups in total. The second kappa shape index (κ2) is 9.75. The Morgan fingerprint density at radius 1 is 0.833 bits per heavy atom. The molecule has 2 amide bonds. The number of piperidine rings is 1. The molecule has 4 aromatic rings. The summed E-state index contributed by atoms with van der Waals surface area (Å²) in [6, 6.07) is 28.6. The molecule has 0 spiro atoms. The van der Waals surface area contributed by atoms with Gasteiger partial charge in [-0.15, -0.1) is 0 Å². The molecule has 36 heavy (non-hydrogen) atoms. The third kappa shape index (κ3) is 4.59. The molecule has 2 aliphatic rings. The first-order valence-electron chi connectivity index (χ1n) is 12.9. The minimum absolute atomic E-state index is 0.113. The van der Waals surface area contributed by atoms with E-state index < -0.39 is 0 Å². The second-order valence-electron chi connectivity index (χ2n) is 10.1. The third-order valence-electron chi connectivity index (χ3n) is 7.62. The van der Waals surface area contributed by atoms with Gasteiger partial charge in [0.2, 0.25) is 5.91 Å². The Morgan fingerprint density at radius 2 is 1.58 bits per heavy atom. The number of hydrogen-bond acceptors (Lipinski definition) is 3. The van der Waals surface area contributed by atoms with E-state index in [1.807, 2.05) is 48.5 Å². The first-order valence-corrected chi connectivity index (χ1v) is 12.9. The van der Waals surface area contributed by atoms with E-state index in [9.17, 15) is 9.59 Å². The van der Waals surface area contributed by atoms with Crippen molar-refractivity contribution in [2.24, 2.45) is 5.92 Å². The molecule has 0 radical (unpaired) electrons. The van der Waals surface area contributed by atoms with Crippen LogP contribution in [0.15, 0.2) is 84.9 Å². The fraction of sp³-hybridized carbons (Fsp3) is 0.290. The SMILES string of the molecule is O=C(NC1CCNCC1C(=O)N(Cc1cccc2ccccc12)C1CC1)c1ccc2ccccc2c1. The van der Waals surface area contributed by atoms with Crippen molar-refractivity contribution in [1.82, 2.24) is 15.5 Å². The van der Waals surface area contributed by atoms with Crippen LogP contribution in [-0.2, 0) is 11.3 Å². The lowest BCUT2D eigenvalue weighted by molar-refractivity contribution is -0.138. The molecular weight excluding hydrogens is 446 g/mol. The van der Waals surface area contributed by atoms with Crippen molar-refractivity contribution in [2.75, 3.05) is 13.1 Å². The Hall–Kier alpha value is -3.70. The molecular formula is C31H31N3O2. The van der Waals surface area contributed by atoms with Crippen LogP contribution < -0.4 is 10.6 Å². The molecule has 6 rings (SSSR count). The van der Waals surface area contributed by atoms with Crippen molar-refractivity contribution in [1.29, 1.82) is 0 Å². The molecule has 1 aliphatic heterocycles. The smallest absolute Gasteiger partial charge is 0.251 e. The molecule has 5 heteroatoms. The van der Waals surface area contributed by atoms with Gasteiger partial charge < -0.3 is 15.5 Å². The van der Waals surface area contributed by atoms with E-state index in [4.69, 9.17) is 0 Å². The Balaban J connectivity index is 1.22. The van der Waals surface area contributed by atoms with Crippen LogP contribution in [0.4, 0.5) is 0 Å². The summed E-state index contributed by atoms with van der Waals surface area (Å²) in [7, 11) is 0. The standard InChI is InChI=1S/C31H31N3O2/c35-30(24-13-12-21-6-1-2-8-23(21)18-24)33-29-16-17-32-19-28(29)31(36)34(26-14-15-26)20-25-10-5-9-22-7-3-4-11-27(22)25/h1-13,18,26,28-29,32H,14-17,19-20H2,(H,33,35). The van der Waals surface area contributed by atoms with Crippen LogP contribution in [0.3, 0.4) is 0 Å². The summed E-state index contributed by atoms with van der Waals surface area (Å²) in [6.07, 6.45) is 2.83. The summed E-state index contributed by atoms with van der Waals surface area (Å²) in [4.78, 5) is 29.2. The maximum absolute atomic E-state index is 14.0. The lowest BCUT2D eigenvalue weighted by Gasteiger charge is -2.36. The van der Waals surface area contributed by atoms with Crippen molar-refractivity contribution >= 4 is 33.4 Å². The van der Waals surface area contributed by atoms with E-state index in [2.05, 4.69) is 51.9 Å². The number of fused-ring (bicyclic) bond motifs is 2. The van der Waals surface area contributed by atoms with Gasteiger partial charge in [0.05, 0.1) is 5.92 Å². The van der Waals surface area contributed by atoms with Crippen LogP contribution in [0.2, 0.25) is 0 Å². The van der Waals surface area contributed by atoms with Crippen LogP contribution in [0.1, 0.15) is 35.2 Å². The Labute approximate surface area is 211 Å². The van der Waals surface area contributed by atoms with Crippen LogP contribution in [0.25, 0.3) is 21.5 Å². The maximum atomic E-state index is 14.0. The fourth-order valence-corrected chi connectivity index (χ4v) is 5.47.